The Morgan fingerprint density at radius 3 is 1.73 bits per heavy atom. The number of amides is 3. The molecule has 1 fully saturated rings. The van der Waals surface area contributed by atoms with Gasteiger partial charge in [-0.2, -0.15) is 0 Å². The van der Waals surface area contributed by atoms with E-state index in [1.165, 1.54) is 0 Å². The first-order valence-electron chi connectivity index (χ1n) is 17.4. The lowest BCUT2D eigenvalue weighted by Gasteiger charge is -2.32. The molecular weight excluding hydrogens is 659 g/mol. The molecule has 1 aliphatic heterocycles. The van der Waals surface area contributed by atoms with E-state index < -0.39 is 71.3 Å². The quantitative estimate of drug-likeness (QED) is 0.0752. The predicted molar refractivity (Wildman–Crippen MR) is 194 cm³/mol. The zero-order valence-corrected chi connectivity index (χ0v) is 32.7. The lowest BCUT2D eigenvalue weighted by molar-refractivity contribution is -0.159. The molecule has 51 heavy (non-hydrogen) atoms. The standard InChI is InChI=1S/C36H59BN4O10/c1-32(2,3)47-27(42)26(39-29(43)46-23-24-18-15-14-16-19-24)25(20-17-21-37-50-35(10,11)36(12,13)51-37)22-38-28(40-30(44)48-33(4,5)6)41-31(45)49-34(7,8)9/h14-16,18-19,25-26H,17,20-23H2,1-13H3,(H,39,43)(H2,38,40,41,44,45)/t25-,26+/m1/s1. The van der Waals surface area contributed by atoms with Crippen LogP contribution in [0.25, 0.3) is 0 Å². The third kappa shape index (κ3) is 16.4. The minimum absolute atomic E-state index is 0.0256. The van der Waals surface area contributed by atoms with Crippen LogP contribution in [0.5, 0.6) is 0 Å². The number of ether oxygens (including phenoxy) is 4. The first-order valence-corrected chi connectivity index (χ1v) is 17.4. The summed E-state index contributed by atoms with van der Waals surface area (Å²) < 4.78 is 34.3. The molecule has 1 heterocycles. The number of carbonyl (C=O) groups excluding carboxylic acids is 4. The van der Waals surface area contributed by atoms with Crippen LogP contribution in [-0.2, 0) is 39.7 Å². The first-order chi connectivity index (χ1) is 23.3. The van der Waals surface area contributed by atoms with Crippen molar-refractivity contribution in [2.75, 3.05) is 6.54 Å². The van der Waals surface area contributed by atoms with Crippen molar-refractivity contribution in [1.82, 2.24) is 16.0 Å². The molecule has 2 rings (SSSR count). The van der Waals surface area contributed by atoms with E-state index in [2.05, 4.69) is 20.9 Å². The van der Waals surface area contributed by atoms with E-state index in [0.29, 0.717) is 19.2 Å². The highest BCUT2D eigenvalue weighted by Gasteiger charge is 2.50. The van der Waals surface area contributed by atoms with E-state index >= 15 is 0 Å². The molecule has 0 saturated carbocycles. The van der Waals surface area contributed by atoms with Crippen LogP contribution in [0, 0.1) is 5.92 Å². The average molecular weight is 719 g/mol. The highest BCUT2D eigenvalue weighted by molar-refractivity contribution is 6.45. The molecule has 1 saturated heterocycles. The van der Waals surface area contributed by atoms with Crippen molar-refractivity contribution in [2.24, 2.45) is 10.9 Å². The maximum atomic E-state index is 13.7. The van der Waals surface area contributed by atoms with Gasteiger partial charge in [-0.3, -0.25) is 15.6 Å². The van der Waals surface area contributed by atoms with Crippen molar-refractivity contribution in [3.05, 3.63) is 35.9 Å². The number of nitrogens with zero attached hydrogens (tertiary/aromatic N) is 1. The van der Waals surface area contributed by atoms with Crippen molar-refractivity contribution >= 4 is 37.3 Å². The minimum atomic E-state index is -1.24. The Labute approximate surface area is 303 Å². The number of alkyl carbamates (subject to hydrolysis) is 3. The number of hydrogen-bond acceptors (Lipinski definition) is 11. The molecule has 1 aromatic carbocycles. The van der Waals surface area contributed by atoms with Gasteiger partial charge in [0.1, 0.15) is 29.5 Å². The summed E-state index contributed by atoms with van der Waals surface area (Å²) in [5.41, 5.74) is -2.87. The molecule has 0 aromatic heterocycles. The Hall–Kier alpha value is -3.85. The van der Waals surface area contributed by atoms with E-state index in [1.807, 2.05) is 58.0 Å². The second-order valence-corrected chi connectivity index (χ2v) is 16.5. The SMILES string of the molecule is CC(C)(C)OC(=O)NC(=NC[C@@H](CCCB1OC(C)(C)C(C)(C)O1)[C@H](NC(=O)OCc1ccccc1)C(=O)OC(C)(C)C)NC(=O)OC(C)(C)C. The van der Waals surface area contributed by atoms with Crippen LogP contribution in [0.4, 0.5) is 14.4 Å². The fraction of sp³-hybridized carbons (Fsp3) is 0.694. The highest BCUT2D eigenvalue weighted by Crippen LogP contribution is 2.38. The molecule has 0 radical (unpaired) electrons. The number of nitrogens with one attached hydrogen (secondary N) is 3. The number of aliphatic imine (C=N–C) groups is 1. The molecule has 3 N–H and O–H groups in total. The largest absolute Gasteiger partial charge is 0.458 e. The third-order valence-corrected chi connectivity index (χ3v) is 7.66. The summed E-state index contributed by atoms with van der Waals surface area (Å²) in [5.74, 6) is -1.71. The van der Waals surface area contributed by atoms with Gasteiger partial charge in [-0.05, 0) is 108 Å². The van der Waals surface area contributed by atoms with Gasteiger partial charge in [0.25, 0.3) is 0 Å². The number of benzene rings is 1. The Morgan fingerprint density at radius 1 is 0.765 bits per heavy atom. The molecule has 0 aliphatic carbocycles. The number of carbonyl (C=O) groups is 4. The van der Waals surface area contributed by atoms with Crippen LogP contribution in [0.1, 0.15) is 108 Å². The fourth-order valence-corrected chi connectivity index (χ4v) is 4.74. The highest BCUT2D eigenvalue weighted by atomic mass is 16.7. The molecule has 0 spiro atoms. The van der Waals surface area contributed by atoms with Gasteiger partial charge in [0, 0.05) is 12.5 Å². The summed E-state index contributed by atoms with van der Waals surface area (Å²) in [7, 11) is -0.499. The second-order valence-electron chi connectivity index (χ2n) is 16.5. The van der Waals surface area contributed by atoms with Crippen molar-refractivity contribution < 1.29 is 47.4 Å². The Balaban J connectivity index is 2.44. The van der Waals surface area contributed by atoms with Gasteiger partial charge in [0.05, 0.1) is 11.2 Å². The first kappa shape index (κ1) is 43.3. The van der Waals surface area contributed by atoms with Crippen LogP contribution >= 0.6 is 0 Å². The van der Waals surface area contributed by atoms with Crippen LogP contribution < -0.4 is 16.0 Å². The summed E-state index contributed by atoms with van der Waals surface area (Å²) in [5, 5.41) is 7.61. The number of guanidine groups is 1. The molecule has 0 unspecified atom stereocenters. The molecule has 3 amide bonds. The van der Waals surface area contributed by atoms with Gasteiger partial charge in [-0.1, -0.05) is 36.8 Å². The molecule has 14 nitrogen and oxygen atoms in total. The molecule has 1 aromatic rings. The number of rotatable bonds is 11. The molecular formula is C36H59BN4O10. The number of esters is 1. The molecule has 1 aliphatic rings. The van der Waals surface area contributed by atoms with E-state index in [-0.39, 0.29) is 19.1 Å². The van der Waals surface area contributed by atoms with Crippen LogP contribution in [0.15, 0.2) is 35.3 Å². The Morgan fingerprint density at radius 2 is 1.25 bits per heavy atom. The van der Waals surface area contributed by atoms with Crippen LogP contribution in [-0.4, -0.2) is 77.9 Å². The zero-order valence-electron chi connectivity index (χ0n) is 32.7. The summed E-state index contributed by atoms with van der Waals surface area (Å²) in [6.07, 6.45) is -1.30. The van der Waals surface area contributed by atoms with Crippen molar-refractivity contribution in [3.8, 4) is 0 Å². The van der Waals surface area contributed by atoms with Gasteiger partial charge in [0.15, 0.2) is 0 Å². The second kappa shape index (κ2) is 17.6. The molecule has 15 heteroatoms. The lowest BCUT2D eigenvalue weighted by atomic mass is 9.80. The van der Waals surface area contributed by atoms with Gasteiger partial charge < -0.3 is 33.6 Å². The monoisotopic (exact) mass is 718 g/mol. The van der Waals surface area contributed by atoms with Crippen molar-refractivity contribution in [2.45, 2.75) is 150 Å². The van der Waals surface area contributed by atoms with Gasteiger partial charge in [-0.15, -0.1) is 0 Å². The molecule has 2 atom stereocenters. The van der Waals surface area contributed by atoms with Crippen molar-refractivity contribution in [3.63, 3.8) is 0 Å². The average Bonchev–Trinajstić information content (AvgIpc) is 3.15. The van der Waals surface area contributed by atoms with E-state index in [4.69, 9.17) is 28.3 Å². The maximum absolute atomic E-state index is 13.7. The summed E-state index contributed by atoms with van der Waals surface area (Å²) in [6, 6.07) is 7.87. The van der Waals surface area contributed by atoms with Crippen LogP contribution in [0.3, 0.4) is 0 Å². The minimum Gasteiger partial charge on any atom is -0.458 e. The normalized spacial score (nSPS) is 16.6. The van der Waals surface area contributed by atoms with E-state index in [0.717, 1.165) is 5.56 Å². The van der Waals surface area contributed by atoms with Gasteiger partial charge >= 0.3 is 31.4 Å². The smallest absolute Gasteiger partial charge is 0.457 e. The predicted octanol–water partition coefficient (Wildman–Crippen LogP) is 6.52. The van der Waals surface area contributed by atoms with Crippen molar-refractivity contribution in [1.29, 1.82) is 0 Å². The van der Waals surface area contributed by atoms with E-state index in [9.17, 15) is 19.2 Å². The fourth-order valence-electron chi connectivity index (χ4n) is 4.74. The third-order valence-electron chi connectivity index (χ3n) is 7.66. The topological polar surface area (TPSA) is 172 Å². The Bertz CT molecular complexity index is 1320. The number of hydrogen-bond donors (Lipinski definition) is 3. The maximum Gasteiger partial charge on any atom is 0.457 e. The molecule has 286 valence electrons. The summed E-state index contributed by atoms with van der Waals surface area (Å²) >= 11 is 0. The summed E-state index contributed by atoms with van der Waals surface area (Å²) in [4.78, 5) is 56.9. The van der Waals surface area contributed by atoms with Gasteiger partial charge in [0.2, 0.25) is 5.96 Å². The summed E-state index contributed by atoms with van der Waals surface area (Å²) in [6.45, 7) is 23.0. The molecule has 0 bridgehead atoms. The van der Waals surface area contributed by atoms with Gasteiger partial charge in [-0.25, -0.2) is 19.2 Å². The Kier molecular flexibility index (Phi) is 14.9. The van der Waals surface area contributed by atoms with Crippen LogP contribution in [0.2, 0.25) is 6.32 Å². The lowest BCUT2D eigenvalue weighted by Crippen LogP contribution is -2.50. The van der Waals surface area contributed by atoms with E-state index in [1.54, 1.807) is 62.3 Å². The zero-order chi connectivity index (χ0) is 38.8.